The highest BCUT2D eigenvalue weighted by Gasteiger charge is 2.34. The van der Waals surface area contributed by atoms with Crippen LogP contribution < -0.4 is 0 Å². The van der Waals surface area contributed by atoms with E-state index >= 15 is 0 Å². The van der Waals surface area contributed by atoms with Gasteiger partial charge in [0.2, 0.25) is 5.91 Å². The molecule has 4 rings (SSSR count). The number of hydrogen-bond donors (Lipinski definition) is 1. The largest absolute Gasteiger partial charge is 0.416 e. The predicted molar refractivity (Wildman–Crippen MR) is 108 cm³/mol. The molecule has 3 aromatic rings. The predicted octanol–water partition coefficient (Wildman–Crippen LogP) is 6.27. The maximum Gasteiger partial charge on any atom is 0.416 e. The van der Waals surface area contributed by atoms with Crippen molar-refractivity contribution in [3.8, 4) is 11.1 Å². The van der Waals surface area contributed by atoms with Crippen LogP contribution in [-0.2, 0) is 17.5 Å². The van der Waals surface area contributed by atoms with Gasteiger partial charge in [-0.3, -0.25) is 4.79 Å². The minimum Gasteiger partial charge on any atom is -0.361 e. The number of benzene rings is 2. The van der Waals surface area contributed by atoms with Crippen LogP contribution >= 0.6 is 11.6 Å². The summed E-state index contributed by atoms with van der Waals surface area (Å²) in [7, 11) is 0. The van der Waals surface area contributed by atoms with Gasteiger partial charge in [-0.25, -0.2) is 0 Å². The second-order valence-corrected chi connectivity index (χ2v) is 7.83. The molecule has 0 atom stereocenters. The van der Waals surface area contributed by atoms with Gasteiger partial charge in [-0.05, 0) is 61.2 Å². The topological polar surface area (TPSA) is 36.1 Å². The second-order valence-electron chi connectivity index (χ2n) is 7.39. The van der Waals surface area contributed by atoms with Gasteiger partial charge in [-0.15, -0.1) is 0 Å². The van der Waals surface area contributed by atoms with Crippen LogP contribution in [0.4, 0.5) is 13.2 Å². The van der Waals surface area contributed by atoms with Crippen molar-refractivity contribution >= 4 is 28.4 Å². The van der Waals surface area contributed by atoms with Gasteiger partial charge in [0.15, 0.2) is 0 Å². The van der Waals surface area contributed by atoms with E-state index < -0.39 is 11.7 Å². The lowest BCUT2D eigenvalue weighted by Gasteiger charge is -2.23. The Morgan fingerprint density at radius 2 is 1.93 bits per heavy atom. The number of rotatable bonds is 5. The Hall–Kier alpha value is -2.47. The van der Waals surface area contributed by atoms with Gasteiger partial charge in [0.25, 0.3) is 0 Å². The maximum atomic E-state index is 13.4. The van der Waals surface area contributed by atoms with Crippen molar-refractivity contribution in [3.05, 3.63) is 58.7 Å². The number of nitrogens with one attached hydrogen (secondary N) is 1. The highest BCUT2D eigenvalue weighted by Crippen LogP contribution is 2.38. The maximum absolute atomic E-state index is 13.4. The highest BCUT2D eigenvalue weighted by atomic mass is 35.5. The molecule has 0 radical (unpaired) electrons. The van der Waals surface area contributed by atoms with Crippen LogP contribution in [0.3, 0.4) is 0 Å². The first-order valence-corrected chi connectivity index (χ1v) is 9.91. The Morgan fingerprint density at radius 3 is 2.59 bits per heavy atom. The van der Waals surface area contributed by atoms with Crippen molar-refractivity contribution < 1.29 is 18.0 Å². The van der Waals surface area contributed by atoms with E-state index in [1.54, 1.807) is 23.2 Å². The number of hydrogen-bond acceptors (Lipinski definition) is 1. The Labute approximate surface area is 171 Å². The molecule has 2 aromatic carbocycles. The zero-order valence-corrected chi connectivity index (χ0v) is 16.6. The van der Waals surface area contributed by atoms with Gasteiger partial charge in [-0.2, -0.15) is 13.2 Å². The quantitative estimate of drug-likeness (QED) is 0.519. The third-order valence-corrected chi connectivity index (χ3v) is 5.58. The summed E-state index contributed by atoms with van der Waals surface area (Å²) in [5.41, 5.74) is 2.02. The van der Waals surface area contributed by atoms with Crippen LogP contribution in [0.5, 0.6) is 0 Å². The van der Waals surface area contributed by atoms with Gasteiger partial charge in [0.05, 0.1) is 5.56 Å². The molecule has 1 heterocycles. The summed E-state index contributed by atoms with van der Waals surface area (Å²) >= 11 is 6.13. The van der Waals surface area contributed by atoms with E-state index in [9.17, 15) is 18.0 Å². The van der Waals surface area contributed by atoms with Crippen molar-refractivity contribution in [2.24, 2.45) is 5.92 Å². The second kappa shape index (κ2) is 7.41. The fourth-order valence-electron chi connectivity index (χ4n) is 3.62. The minimum absolute atomic E-state index is 0.0103. The van der Waals surface area contributed by atoms with Gasteiger partial charge in [0, 0.05) is 46.7 Å². The number of aromatic nitrogens is 1. The Kier molecular flexibility index (Phi) is 5.07. The smallest absolute Gasteiger partial charge is 0.361 e. The molecule has 29 heavy (non-hydrogen) atoms. The van der Waals surface area contributed by atoms with E-state index in [1.807, 2.05) is 13.0 Å². The summed E-state index contributed by atoms with van der Waals surface area (Å²) in [6.07, 6.45) is -0.974. The normalized spacial score (nSPS) is 14.4. The van der Waals surface area contributed by atoms with Crippen LogP contribution in [0.15, 0.2) is 42.6 Å². The molecule has 1 aromatic heterocycles. The number of alkyl halides is 3. The fraction of sp³-hybridized carbons (Fsp3) is 0.318. The fourth-order valence-corrected chi connectivity index (χ4v) is 3.79. The van der Waals surface area contributed by atoms with E-state index in [4.69, 9.17) is 11.6 Å². The number of H-pyrrole nitrogens is 1. The lowest BCUT2D eigenvalue weighted by molar-refractivity contribution is -0.137. The molecule has 0 saturated heterocycles. The summed E-state index contributed by atoms with van der Waals surface area (Å²) in [4.78, 5) is 17.3. The average Bonchev–Trinajstić information content (AvgIpc) is 3.45. The SMILES string of the molecule is CCN(Cc1cc(C(F)(F)F)ccc1-c1c[nH]c2ccc(Cl)cc12)C(=O)C1CC1. The molecule has 1 amide bonds. The zero-order chi connectivity index (χ0) is 20.8. The summed E-state index contributed by atoms with van der Waals surface area (Å²) in [6.45, 7) is 2.43. The third-order valence-electron chi connectivity index (χ3n) is 5.35. The number of aromatic amines is 1. The van der Waals surface area contributed by atoms with Gasteiger partial charge < -0.3 is 9.88 Å². The Morgan fingerprint density at radius 1 is 1.17 bits per heavy atom. The summed E-state index contributed by atoms with van der Waals surface area (Å²) in [5.74, 6) is 0.0222. The summed E-state index contributed by atoms with van der Waals surface area (Å²) in [5, 5.41) is 1.38. The number of nitrogens with zero attached hydrogens (tertiary/aromatic N) is 1. The molecular formula is C22H20ClF3N2O. The van der Waals surface area contributed by atoms with E-state index in [-0.39, 0.29) is 18.4 Å². The van der Waals surface area contributed by atoms with Crippen LogP contribution in [-0.4, -0.2) is 22.3 Å². The highest BCUT2D eigenvalue weighted by molar-refractivity contribution is 6.31. The van der Waals surface area contributed by atoms with Crippen molar-refractivity contribution in [1.29, 1.82) is 0 Å². The lowest BCUT2D eigenvalue weighted by Crippen LogP contribution is -2.31. The molecule has 1 fully saturated rings. The molecule has 1 saturated carbocycles. The van der Waals surface area contributed by atoms with Crippen molar-refractivity contribution in [2.75, 3.05) is 6.54 Å². The van der Waals surface area contributed by atoms with Crippen molar-refractivity contribution in [2.45, 2.75) is 32.5 Å². The van der Waals surface area contributed by atoms with Crippen LogP contribution in [0, 0.1) is 5.92 Å². The molecule has 0 bridgehead atoms. The third kappa shape index (κ3) is 3.99. The summed E-state index contributed by atoms with van der Waals surface area (Å²) < 4.78 is 40.1. The lowest BCUT2D eigenvalue weighted by atomic mass is 9.96. The Balaban J connectivity index is 1.82. The molecular weight excluding hydrogens is 401 g/mol. The molecule has 1 aliphatic rings. The molecule has 152 valence electrons. The van der Waals surface area contributed by atoms with Gasteiger partial charge in [-0.1, -0.05) is 17.7 Å². The molecule has 3 nitrogen and oxygen atoms in total. The molecule has 1 N–H and O–H groups in total. The first-order chi connectivity index (χ1) is 13.8. The average molecular weight is 421 g/mol. The van der Waals surface area contributed by atoms with Crippen LogP contribution in [0.25, 0.3) is 22.0 Å². The molecule has 0 aliphatic heterocycles. The number of carbonyl (C=O) groups is 1. The van der Waals surface area contributed by atoms with Crippen LogP contribution in [0.1, 0.15) is 30.9 Å². The van der Waals surface area contributed by atoms with Crippen molar-refractivity contribution in [1.82, 2.24) is 9.88 Å². The monoisotopic (exact) mass is 420 g/mol. The standard InChI is InChI=1S/C22H20ClF3N2O/c1-2-28(21(29)13-3-4-13)12-14-9-15(22(24,25)26)5-7-17(14)19-11-27-20-8-6-16(23)10-18(19)20/h5-11,13,27H,2-4,12H2,1H3. The van der Waals surface area contributed by atoms with E-state index in [1.165, 1.54) is 6.07 Å². The molecule has 7 heteroatoms. The molecule has 1 aliphatic carbocycles. The number of fused-ring (bicyclic) bond motifs is 1. The van der Waals surface area contributed by atoms with Gasteiger partial charge in [0.1, 0.15) is 0 Å². The van der Waals surface area contributed by atoms with E-state index in [0.717, 1.165) is 41.4 Å². The molecule has 0 spiro atoms. The van der Waals surface area contributed by atoms with E-state index in [2.05, 4.69) is 4.98 Å². The van der Waals surface area contributed by atoms with E-state index in [0.29, 0.717) is 22.7 Å². The van der Waals surface area contributed by atoms with Gasteiger partial charge >= 0.3 is 6.18 Å². The van der Waals surface area contributed by atoms with Crippen molar-refractivity contribution in [3.63, 3.8) is 0 Å². The first kappa shape index (κ1) is 19.8. The van der Waals surface area contributed by atoms with Crippen LogP contribution in [0.2, 0.25) is 5.02 Å². The number of carbonyl (C=O) groups excluding carboxylic acids is 1. The zero-order valence-electron chi connectivity index (χ0n) is 15.8. The molecule has 0 unspecified atom stereocenters. The first-order valence-electron chi connectivity index (χ1n) is 9.54. The summed E-state index contributed by atoms with van der Waals surface area (Å²) in [6, 6.07) is 9.10. The number of amides is 1. The number of halogens is 4. The Bertz CT molecular complexity index is 1070. The minimum atomic E-state index is -4.45.